The van der Waals surface area contributed by atoms with Crippen LogP contribution in [0.5, 0.6) is 0 Å². The number of thiophene rings is 1. The summed E-state index contributed by atoms with van der Waals surface area (Å²) in [7, 11) is 0. The summed E-state index contributed by atoms with van der Waals surface area (Å²) < 4.78 is 0. The van der Waals surface area contributed by atoms with Crippen molar-refractivity contribution < 1.29 is 0 Å². The summed E-state index contributed by atoms with van der Waals surface area (Å²) in [6.07, 6.45) is 5.99. The molecule has 4 rings (SSSR count). The first-order valence-electron chi connectivity index (χ1n) is 6.99. The van der Waals surface area contributed by atoms with Crippen LogP contribution < -0.4 is 0 Å². The molecule has 2 aromatic heterocycles. The second-order valence-electron chi connectivity index (χ2n) is 5.57. The lowest BCUT2D eigenvalue weighted by Gasteiger charge is -2.27. The molecule has 3 heterocycles. The van der Waals surface area contributed by atoms with Gasteiger partial charge in [-0.1, -0.05) is 6.07 Å². The number of nitrogens with zero attached hydrogens (tertiary/aromatic N) is 3. The summed E-state index contributed by atoms with van der Waals surface area (Å²) >= 11 is 1.71. The van der Waals surface area contributed by atoms with E-state index in [-0.39, 0.29) is 0 Å². The molecule has 0 radical (unpaired) electrons. The number of aromatic nitrogens is 2. The van der Waals surface area contributed by atoms with Gasteiger partial charge in [0, 0.05) is 25.8 Å². The van der Waals surface area contributed by atoms with E-state index in [9.17, 15) is 0 Å². The number of fused-ring (bicyclic) bond motifs is 1. The maximum atomic E-state index is 4.79. The standard InChI is InChI=1S/C15H17N3S/c1-2-14(19-7-1)15-16-8-12-5-6-18(9-11-3-4-11)10-13(12)17-15/h1-2,7-8,11H,3-6,9-10H2. The van der Waals surface area contributed by atoms with E-state index in [1.165, 1.54) is 42.1 Å². The first-order valence-corrected chi connectivity index (χ1v) is 7.87. The second kappa shape index (κ2) is 4.69. The van der Waals surface area contributed by atoms with Gasteiger partial charge in [0.15, 0.2) is 5.82 Å². The Morgan fingerprint density at radius 2 is 2.32 bits per heavy atom. The minimum atomic E-state index is 0.891. The molecule has 0 saturated heterocycles. The Kier molecular flexibility index (Phi) is 2.85. The highest BCUT2D eigenvalue weighted by molar-refractivity contribution is 7.13. The van der Waals surface area contributed by atoms with Gasteiger partial charge in [-0.2, -0.15) is 0 Å². The minimum Gasteiger partial charge on any atom is -0.297 e. The Morgan fingerprint density at radius 3 is 3.11 bits per heavy atom. The van der Waals surface area contributed by atoms with E-state index in [4.69, 9.17) is 4.98 Å². The van der Waals surface area contributed by atoms with E-state index in [2.05, 4.69) is 27.4 Å². The van der Waals surface area contributed by atoms with Crippen molar-refractivity contribution in [2.24, 2.45) is 5.92 Å². The fourth-order valence-electron chi connectivity index (χ4n) is 2.70. The topological polar surface area (TPSA) is 29.0 Å². The van der Waals surface area contributed by atoms with Gasteiger partial charge in [-0.15, -0.1) is 11.3 Å². The van der Waals surface area contributed by atoms with Gasteiger partial charge in [-0.05, 0) is 42.2 Å². The quantitative estimate of drug-likeness (QED) is 0.859. The smallest absolute Gasteiger partial charge is 0.169 e. The highest BCUT2D eigenvalue weighted by atomic mass is 32.1. The van der Waals surface area contributed by atoms with Gasteiger partial charge in [-0.3, -0.25) is 4.90 Å². The van der Waals surface area contributed by atoms with Crippen LogP contribution in [0.4, 0.5) is 0 Å². The Bertz CT molecular complexity index is 575. The Balaban J connectivity index is 1.59. The Hall–Kier alpha value is -1.26. The van der Waals surface area contributed by atoms with Crippen molar-refractivity contribution in [3.63, 3.8) is 0 Å². The zero-order valence-electron chi connectivity index (χ0n) is 10.9. The van der Waals surface area contributed by atoms with Gasteiger partial charge in [0.05, 0.1) is 10.6 Å². The zero-order chi connectivity index (χ0) is 12.7. The van der Waals surface area contributed by atoms with Crippen LogP contribution in [0.3, 0.4) is 0 Å². The van der Waals surface area contributed by atoms with E-state index >= 15 is 0 Å². The maximum absolute atomic E-state index is 4.79. The summed E-state index contributed by atoms with van der Waals surface area (Å²) in [5, 5.41) is 2.08. The van der Waals surface area contributed by atoms with Crippen molar-refractivity contribution in [3.05, 3.63) is 35.0 Å². The Labute approximate surface area is 117 Å². The van der Waals surface area contributed by atoms with E-state index in [0.29, 0.717) is 0 Å². The molecule has 1 fully saturated rings. The minimum absolute atomic E-state index is 0.891. The molecule has 0 aromatic carbocycles. The molecule has 0 N–H and O–H groups in total. The lowest BCUT2D eigenvalue weighted by molar-refractivity contribution is 0.240. The summed E-state index contributed by atoms with van der Waals surface area (Å²) in [6, 6.07) is 4.15. The predicted octanol–water partition coefficient (Wildman–Crippen LogP) is 2.97. The van der Waals surface area contributed by atoms with Gasteiger partial charge >= 0.3 is 0 Å². The summed E-state index contributed by atoms with van der Waals surface area (Å²) in [4.78, 5) is 13.0. The van der Waals surface area contributed by atoms with Crippen LogP contribution in [-0.2, 0) is 13.0 Å². The predicted molar refractivity (Wildman–Crippen MR) is 77.1 cm³/mol. The second-order valence-corrected chi connectivity index (χ2v) is 6.52. The lowest BCUT2D eigenvalue weighted by Crippen LogP contribution is -2.33. The molecular formula is C15H17N3S. The summed E-state index contributed by atoms with van der Waals surface area (Å²) in [5.74, 6) is 1.85. The average Bonchev–Trinajstić information content (AvgIpc) is 3.08. The van der Waals surface area contributed by atoms with Gasteiger partial charge < -0.3 is 0 Å². The molecule has 0 bridgehead atoms. The first kappa shape index (κ1) is 11.6. The van der Waals surface area contributed by atoms with Crippen molar-refractivity contribution in [1.29, 1.82) is 0 Å². The lowest BCUT2D eigenvalue weighted by atomic mass is 10.1. The van der Waals surface area contributed by atoms with Gasteiger partial charge in [0.1, 0.15) is 0 Å². The van der Waals surface area contributed by atoms with Crippen molar-refractivity contribution in [2.45, 2.75) is 25.8 Å². The normalized spacial score (nSPS) is 19.4. The molecular weight excluding hydrogens is 254 g/mol. The van der Waals surface area contributed by atoms with E-state index < -0.39 is 0 Å². The fourth-order valence-corrected chi connectivity index (χ4v) is 3.37. The van der Waals surface area contributed by atoms with Gasteiger partial charge in [-0.25, -0.2) is 9.97 Å². The molecule has 0 atom stereocenters. The Morgan fingerprint density at radius 1 is 1.37 bits per heavy atom. The first-order chi connectivity index (χ1) is 9.38. The molecule has 98 valence electrons. The maximum Gasteiger partial charge on any atom is 0.169 e. The summed E-state index contributed by atoms with van der Waals surface area (Å²) in [6.45, 7) is 3.44. The molecule has 2 aromatic rings. The summed E-state index contributed by atoms with van der Waals surface area (Å²) in [5.41, 5.74) is 2.58. The fraction of sp³-hybridized carbons (Fsp3) is 0.467. The van der Waals surface area contributed by atoms with E-state index in [1.807, 2.05) is 6.20 Å². The van der Waals surface area contributed by atoms with Crippen LogP contribution in [0.1, 0.15) is 24.1 Å². The molecule has 3 nitrogen and oxygen atoms in total. The third-order valence-electron chi connectivity index (χ3n) is 3.98. The van der Waals surface area contributed by atoms with Crippen LogP contribution in [0.25, 0.3) is 10.7 Å². The third-order valence-corrected chi connectivity index (χ3v) is 4.85. The van der Waals surface area contributed by atoms with Crippen molar-refractivity contribution in [1.82, 2.24) is 14.9 Å². The average molecular weight is 271 g/mol. The third kappa shape index (κ3) is 2.42. The number of hydrogen-bond acceptors (Lipinski definition) is 4. The van der Waals surface area contributed by atoms with Crippen molar-refractivity contribution in [2.75, 3.05) is 13.1 Å². The monoisotopic (exact) mass is 271 g/mol. The molecule has 19 heavy (non-hydrogen) atoms. The van der Waals surface area contributed by atoms with E-state index in [1.54, 1.807) is 11.3 Å². The molecule has 0 amide bonds. The van der Waals surface area contributed by atoms with Crippen molar-refractivity contribution in [3.8, 4) is 10.7 Å². The van der Waals surface area contributed by atoms with Gasteiger partial charge in [0.25, 0.3) is 0 Å². The van der Waals surface area contributed by atoms with Crippen LogP contribution in [0, 0.1) is 5.92 Å². The molecule has 0 spiro atoms. The molecule has 2 aliphatic rings. The van der Waals surface area contributed by atoms with Gasteiger partial charge in [0.2, 0.25) is 0 Å². The van der Waals surface area contributed by atoms with E-state index in [0.717, 1.165) is 24.7 Å². The van der Waals surface area contributed by atoms with Crippen LogP contribution in [-0.4, -0.2) is 28.0 Å². The van der Waals surface area contributed by atoms with Crippen molar-refractivity contribution >= 4 is 11.3 Å². The van der Waals surface area contributed by atoms with Crippen LogP contribution >= 0.6 is 11.3 Å². The van der Waals surface area contributed by atoms with Crippen LogP contribution in [0.15, 0.2) is 23.7 Å². The molecule has 0 unspecified atom stereocenters. The SMILES string of the molecule is c1csc(-c2ncc3c(n2)CN(CC2CC2)CC3)c1. The zero-order valence-corrected chi connectivity index (χ0v) is 11.7. The molecule has 1 aliphatic heterocycles. The highest BCUT2D eigenvalue weighted by Gasteiger charge is 2.27. The molecule has 1 saturated carbocycles. The van der Waals surface area contributed by atoms with Crippen LogP contribution in [0.2, 0.25) is 0 Å². The molecule has 4 heteroatoms. The highest BCUT2D eigenvalue weighted by Crippen LogP contribution is 2.31. The molecule has 1 aliphatic carbocycles. The number of hydrogen-bond donors (Lipinski definition) is 0. The number of rotatable bonds is 3. The largest absolute Gasteiger partial charge is 0.297 e.